The summed E-state index contributed by atoms with van der Waals surface area (Å²) in [5, 5.41) is 12.0. The lowest BCUT2D eigenvalue weighted by Gasteiger charge is -2.09. The Morgan fingerprint density at radius 1 is 1.32 bits per heavy atom. The fraction of sp³-hybridized carbons (Fsp3) is 0.421. The molecule has 1 fully saturated rings. The van der Waals surface area contributed by atoms with E-state index in [4.69, 9.17) is 5.73 Å². The van der Waals surface area contributed by atoms with Gasteiger partial charge in [-0.2, -0.15) is 5.10 Å². The third-order valence-electron chi connectivity index (χ3n) is 4.82. The summed E-state index contributed by atoms with van der Waals surface area (Å²) < 4.78 is 1.18. The topological polar surface area (TPSA) is 76.7 Å². The van der Waals surface area contributed by atoms with Crippen LogP contribution >= 0.6 is 11.3 Å². The van der Waals surface area contributed by atoms with Gasteiger partial charge >= 0.3 is 0 Å². The maximum absolute atomic E-state index is 6.36. The second-order valence-corrected chi connectivity index (χ2v) is 8.04. The van der Waals surface area contributed by atoms with E-state index in [1.165, 1.54) is 33.5 Å². The van der Waals surface area contributed by atoms with Crippen LogP contribution in [-0.2, 0) is 13.0 Å². The second kappa shape index (κ2) is 7.06. The lowest BCUT2D eigenvalue weighted by atomic mass is 10.1. The zero-order chi connectivity index (χ0) is 17.2. The quantitative estimate of drug-likeness (QED) is 0.677. The molecular weight excluding hydrogens is 330 g/mol. The van der Waals surface area contributed by atoms with Crippen molar-refractivity contribution >= 4 is 27.2 Å². The van der Waals surface area contributed by atoms with Gasteiger partial charge in [0.25, 0.3) is 0 Å². The summed E-state index contributed by atoms with van der Waals surface area (Å²) in [5.41, 5.74) is 10.8. The number of aromatic nitrogens is 3. The lowest BCUT2D eigenvalue weighted by molar-refractivity contribution is 0.569. The number of nitrogens with two attached hydrogens (primary N) is 1. The van der Waals surface area contributed by atoms with Gasteiger partial charge in [0.1, 0.15) is 5.52 Å². The molecule has 6 heteroatoms. The number of thiophene rings is 1. The third kappa shape index (κ3) is 3.80. The number of rotatable bonds is 7. The van der Waals surface area contributed by atoms with Gasteiger partial charge in [-0.05, 0) is 48.9 Å². The number of fused-ring (bicyclic) bond motifs is 1. The van der Waals surface area contributed by atoms with E-state index < -0.39 is 0 Å². The first-order valence-corrected chi connectivity index (χ1v) is 9.64. The van der Waals surface area contributed by atoms with Crippen molar-refractivity contribution in [1.82, 2.24) is 15.2 Å². The Bertz CT molecular complexity index is 857. The molecule has 0 saturated heterocycles. The second-order valence-electron chi connectivity index (χ2n) is 6.94. The first kappa shape index (κ1) is 16.4. The molecule has 3 N–H and O–H groups in total. The Kier molecular flexibility index (Phi) is 4.63. The van der Waals surface area contributed by atoms with Gasteiger partial charge < -0.3 is 11.1 Å². The van der Waals surface area contributed by atoms with Gasteiger partial charge in [0.05, 0.1) is 16.6 Å². The minimum absolute atomic E-state index is 0.250. The van der Waals surface area contributed by atoms with E-state index in [0.29, 0.717) is 0 Å². The molecule has 1 aliphatic rings. The molecule has 0 aromatic carbocycles. The molecule has 0 bridgehead atoms. The average molecular weight is 353 g/mol. The van der Waals surface area contributed by atoms with Crippen LogP contribution in [0.1, 0.15) is 35.3 Å². The molecule has 5 nitrogen and oxygen atoms in total. The van der Waals surface area contributed by atoms with Crippen molar-refractivity contribution in [2.75, 3.05) is 5.32 Å². The van der Waals surface area contributed by atoms with Crippen molar-refractivity contribution in [3.8, 4) is 0 Å². The predicted molar refractivity (Wildman–Crippen MR) is 103 cm³/mol. The number of hydrogen-bond donors (Lipinski definition) is 2. The number of pyridine rings is 1. The molecular formula is C19H23N5S. The molecule has 3 aromatic rings. The van der Waals surface area contributed by atoms with Gasteiger partial charge in [-0.25, -0.2) is 0 Å². The summed E-state index contributed by atoms with van der Waals surface area (Å²) in [6.45, 7) is 2.89. The van der Waals surface area contributed by atoms with Crippen molar-refractivity contribution in [3.63, 3.8) is 0 Å². The van der Waals surface area contributed by atoms with Gasteiger partial charge in [-0.3, -0.25) is 4.98 Å². The Morgan fingerprint density at radius 3 is 2.88 bits per heavy atom. The van der Waals surface area contributed by atoms with Crippen LogP contribution in [-0.4, -0.2) is 21.2 Å². The fourth-order valence-electron chi connectivity index (χ4n) is 3.18. The summed E-state index contributed by atoms with van der Waals surface area (Å²) in [4.78, 5) is 5.40. The minimum Gasteiger partial charge on any atom is -0.378 e. The zero-order valence-electron chi connectivity index (χ0n) is 14.4. The van der Waals surface area contributed by atoms with Crippen LogP contribution < -0.4 is 11.1 Å². The Labute approximate surface area is 151 Å². The first-order valence-electron chi connectivity index (χ1n) is 8.82. The van der Waals surface area contributed by atoms with Gasteiger partial charge in [0, 0.05) is 29.9 Å². The number of anilines is 1. The van der Waals surface area contributed by atoms with Gasteiger partial charge in [0.2, 0.25) is 0 Å². The van der Waals surface area contributed by atoms with Gasteiger partial charge in [-0.15, -0.1) is 16.4 Å². The largest absolute Gasteiger partial charge is 0.378 e. The molecule has 130 valence electrons. The van der Waals surface area contributed by atoms with Crippen LogP contribution in [0.15, 0.2) is 30.7 Å². The van der Waals surface area contributed by atoms with Crippen molar-refractivity contribution in [1.29, 1.82) is 0 Å². The smallest absolute Gasteiger partial charge is 0.109 e. The van der Waals surface area contributed by atoms with E-state index in [1.54, 1.807) is 11.3 Å². The van der Waals surface area contributed by atoms with Crippen molar-refractivity contribution in [2.24, 2.45) is 11.7 Å². The van der Waals surface area contributed by atoms with Crippen molar-refractivity contribution in [2.45, 2.75) is 45.2 Å². The van der Waals surface area contributed by atoms with Gasteiger partial charge in [0.15, 0.2) is 0 Å². The number of hydrogen-bond acceptors (Lipinski definition) is 6. The molecule has 0 spiro atoms. The molecule has 3 aromatic heterocycles. The first-order chi connectivity index (χ1) is 12.2. The Balaban J connectivity index is 1.54. The van der Waals surface area contributed by atoms with E-state index in [9.17, 15) is 0 Å². The lowest BCUT2D eigenvalue weighted by Crippen LogP contribution is -2.23. The molecule has 0 aliphatic heterocycles. The monoisotopic (exact) mass is 353 g/mol. The summed E-state index contributed by atoms with van der Waals surface area (Å²) in [6, 6.07) is 4.28. The molecule has 3 heterocycles. The normalized spacial score (nSPS) is 15.4. The summed E-state index contributed by atoms with van der Waals surface area (Å²) in [5.74, 6) is 0.863. The van der Waals surface area contributed by atoms with Crippen LogP contribution in [0, 0.1) is 12.8 Å². The van der Waals surface area contributed by atoms with Crippen LogP contribution in [0.2, 0.25) is 0 Å². The van der Waals surface area contributed by atoms with Crippen LogP contribution in [0.5, 0.6) is 0 Å². The molecule has 0 unspecified atom stereocenters. The van der Waals surface area contributed by atoms with E-state index in [-0.39, 0.29) is 6.04 Å². The van der Waals surface area contributed by atoms with Crippen LogP contribution in [0.4, 0.5) is 5.69 Å². The molecule has 25 heavy (non-hydrogen) atoms. The Hall–Kier alpha value is -2.05. The Morgan fingerprint density at radius 2 is 2.12 bits per heavy atom. The third-order valence-corrected chi connectivity index (χ3v) is 6.15. The van der Waals surface area contributed by atoms with E-state index in [1.807, 2.05) is 30.7 Å². The van der Waals surface area contributed by atoms with E-state index in [2.05, 4.69) is 27.4 Å². The van der Waals surface area contributed by atoms with Crippen LogP contribution in [0.25, 0.3) is 10.2 Å². The number of nitrogens with one attached hydrogen (secondary N) is 1. The molecule has 0 amide bonds. The summed E-state index contributed by atoms with van der Waals surface area (Å²) in [7, 11) is 0. The summed E-state index contributed by atoms with van der Waals surface area (Å²) in [6.07, 6.45) is 10.2. The fourth-order valence-corrected chi connectivity index (χ4v) is 4.50. The molecule has 1 atom stereocenters. The SMILES string of the molecule is Cc1c(C[C@@H](N)CC2CC2)sc2c(NCc3ccncc3)cnnc12. The van der Waals surface area contributed by atoms with Gasteiger partial charge in [-0.1, -0.05) is 12.8 Å². The highest BCUT2D eigenvalue weighted by Crippen LogP contribution is 2.37. The molecule has 4 rings (SSSR count). The minimum atomic E-state index is 0.250. The van der Waals surface area contributed by atoms with E-state index in [0.717, 1.165) is 36.5 Å². The van der Waals surface area contributed by atoms with Crippen LogP contribution in [0.3, 0.4) is 0 Å². The highest BCUT2D eigenvalue weighted by atomic mass is 32.1. The number of nitrogens with zero attached hydrogens (tertiary/aromatic N) is 3. The summed E-state index contributed by atoms with van der Waals surface area (Å²) >= 11 is 1.80. The maximum Gasteiger partial charge on any atom is 0.109 e. The maximum atomic E-state index is 6.36. The highest BCUT2D eigenvalue weighted by Gasteiger charge is 2.25. The zero-order valence-corrected chi connectivity index (χ0v) is 15.2. The number of aryl methyl sites for hydroxylation is 1. The van der Waals surface area contributed by atoms with Crippen molar-refractivity contribution in [3.05, 3.63) is 46.7 Å². The molecule has 1 aliphatic carbocycles. The molecule has 0 radical (unpaired) electrons. The van der Waals surface area contributed by atoms with Crippen molar-refractivity contribution < 1.29 is 0 Å². The highest BCUT2D eigenvalue weighted by molar-refractivity contribution is 7.19. The van der Waals surface area contributed by atoms with E-state index >= 15 is 0 Å². The predicted octanol–water partition coefficient (Wildman–Crippen LogP) is 3.68. The average Bonchev–Trinajstić information content (AvgIpc) is 3.38. The molecule has 1 saturated carbocycles. The standard InChI is InChI=1S/C19H23N5S/c1-12-17(9-15(20)8-13-2-3-13)25-19-16(11-23-24-18(12)19)22-10-14-4-6-21-7-5-14/h4-7,11,13,15H,2-3,8-10,20H2,1H3,(H,22,24)/t15-/m0/s1.